The van der Waals surface area contributed by atoms with Gasteiger partial charge in [-0.25, -0.2) is 0 Å². The van der Waals surface area contributed by atoms with Gasteiger partial charge in [-0.3, -0.25) is 0 Å². The van der Waals surface area contributed by atoms with E-state index in [-0.39, 0.29) is 6.61 Å². The van der Waals surface area contributed by atoms with E-state index < -0.39 is 0 Å². The quantitative estimate of drug-likeness (QED) is 0.758. The molecule has 1 unspecified atom stereocenters. The van der Waals surface area contributed by atoms with Crippen LogP contribution in [0.1, 0.15) is 32.5 Å². The summed E-state index contributed by atoms with van der Waals surface area (Å²) in [6.45, 7) is 4.31. The molecule has 5 heteroatoms. The van der Waals surface area contributed by atoms with Crippen LogP contribution < -0.4 is 0 Å². The van der Waals surface area contributed by atoms with Crippen LogP contribution >= 0.6 is 11.8 Å². The van der Waals surface area contributed by atoms with Crippen molar-refractivity contribution in [2.75, 3.05) is 0 Å². The largest absolute Gasteiger partial charge is 0.388 e. The minimum atomic E-state index is -0.0494. The highest BCUT2D eigenvalue weighted by Crippen LogP contribution is 2.23. The van der Waals surface area contributed by atoms with Crippen LogP contribution in [-0.2, 0) is 13.7 Å². The van der Waals surface area contributed by atoms with E-state index in [0.29, 0.717) is 11.1 Å². The monoisotopic (exact) mass is 215 g/mol. The summed E-state index contributed by atoms with van der Waals surface area (Å²) in [4.78, 5) is 0. The summed E-state index contributed by atoms with van der Waals surface area (Å²) >= 11 is 1.71. The molecule has 0 saturated heterocycles. The van der Waals surface area contributed by atoms with E-state index in [1.54, 1.807) is 11.8 Å². The molecule has 1 N–H and O–H groups in total. The normalized spacial score (nSPS) is 13.1. The molecule has 0 aromatic carbocycles. The molecule has 0 aliphatic rings. The van der Waals surface area contributed by atoms with Gasteiger partial charge in [0.2, 0.25) is 0 Å². The first-order valence-corrected chi connectivity index (χ1v) is 5.72. The SMILES string of the molecule is CCCC(C)Sc1nnc(CO)n1C. The van der Waals surface area contributed by atoms with E-state index in [0.717, 1.165) is 5.16 Å². The fraction of sp³-hybridized carbons (Fsp3) is 0.778. The van der Waals surface area contributed by atoms with E-state index >= 15 is 0 Å². The van der Waals surface area contributed by atoms with Crippen LogP contribution in [0.2, 0.25) is 0 Å². The van der Waals surface area contributed by atoms with Gasteiger partial charge in [0, 0.05) is 12.3 Å². The van der Waals surface area contributed by atoms with Crippen molar-refractivity contribution in [1.29, 1.82) is 0 Å². The molecule has 0 radical (unpaired) electrons. The number of hydrogen-bond acceptors (Lipinski definition) is 4. The van der Waals surface area contributed by atoms with Crippen LogP contribution in [0.25, 0.3) is 0 Å². The first kappa shape index (κ1) is 11.5. The van der Waals surface area contributed by atoms with E-state index in [1.165, 1.54) is 12.8 Å². The standard InChI is InChI=1S/C9H17N3OS/c1-4-5-7(2)14-9-11-10-8(6-13)12(9)3/h7,13H,4-6H2,1-3H3. The zero-order valence-corrected chi connectivity index (χ0v) is 9.71. The van der Waals surface area contributed by atoms with Crippen molar-refractivity contribution in [2.24, 2.45) is 7.05 Å². The van der Waals surface area contributed by atoms with Crippen LogP contribution in [0.5, 0.6) is 0 Å². The number of thioether (sulfide) groups is 1. The summed E-state index contributed by atoms with van der Waals surface area (Å²) in [6, 6.07) is 0. The average molecular weight is 215 g/mol. The van der Waals surface area contributed by atoms with Crippen LogP contribution in [-0.4, -0.2) is 25.1 Å². The average Bonchev–Trinajstić information content (AvgIpc) is 2.48. The van der Waals surface area contributed by atoms with Crippen LogP contribution in [0.15, 0.2) is 5.16 Å². The van der Waals surface area contributed by atoms with E-state index in [1.807, 2.05) is 11.6 Å². The zero-order valence-electron chi connectivity index (χ0n) is 8.90. The highest BCUT2D eigenvalue weighted by molar-refractivity contribution is 7.99. The molecular formula is C9H17N3OS. The van der Waals surface area contributed by atoms with Crippen molar-refractivity contribution in [3.63, 3.8) is 0 Å². The molecule has 1 atom stereocenters. The molecule has 0 aliphatic carbocycles. The second kappa shape index (κ2) is 5.36. The van der Waals surface area contributed by atoms with Crippen LogP contribution in [0, 0.1) is 0 Å². The Kier molecular flexibility index (Phi) is 4.41. The zero-order chi connectivity index (χ0) is 10.6. The predicted octanol–water partition coefficient (Wildman–Crippen LogP) is 1.59. The summed E-state index contributed by atoms with van der Waals surface area (Å²) in [5, 5.41) is 18.3. The maximum absolute atomic E-state index is 8.94. The Morgan fingerprint density at radius 2 is 2.21 bits per heavy atom. The molecule has 1 aromatic rings. The fourth-order valence-electron chi connectivity index (χ4n) is 1.23. The van der Waals surface area contributed by atoms with Gasteiger partial charge in [0.15, 0.2) is 11.0 Å². The fourth-order valence-corrected chi connectivity index (χ4v) is 2.30. The first-order chi connectivity index (χ1) is 6.69. The third kappa shape index (κ3) is 2.72. The molecule has 1 rings (SSSR count). The van der Waals surface area contributed by atoms with Crippen molar-refractivity contribution < 1.29 is 5.11 Å². The molecule has 80 valence electrons. The number of aliphatic hydroxyl groups is 1. The summed E-state index contributed by atoms with van der Waals surface area (Å²) in [5.41, 5.74) is 0. The molecule has 0 amide bonds. The molecule has 1 heterocycles. The second-order valence-corrected chi connectivity index (χ2v) is 4.74. The Hall–Kier alpha value is -0.550. The van der Waals surface area contributed by atoms with Gasteiger partial charge in [-0.2, -0.15) is 0 Å². The minimum absolute atomic E-state index is 0.0494. The van der Waals surface area contributed by atoms with Crippen molar-refractivity contribution in [3.8, 4) is 0 Å². The first-order valence-electron chi connectivity index (χ1n) is 4.84. The molecule has 0 saturated carbocycles. The lowest BCUT2D eigenvalue weighted by atomic mass is 10.3. The van der Waals surface area contributed by atoms with Gasteiger partial charge in [-0.05, 0) is 6.42 Å². The van der Waals surface area contributed by atoms with E-state index in [4.69, 9.17) is 5.11 Å². The molecule has 1 aromatic heterocycles. The lowest BCUT2D eigenvalue weighted by Gasteiger charge is -2.08. The van der Waals surface area contributed by atoms with E-state index in [9.17, 15) is 0 Å². The van der Waals surface area contributed by atoms with Gasteiger partial charge >= 0.3 is 0 Å². The Bertz CT molecular complexity index is 288. The third-order valence-electron chi connectivity index (χ3n) is 2.07. The van der Waals surface area contributed by atoms with Crippen LogP contribution in [0.3, 0.4) is 0 Å². The van der Waals surface area contributed by atoms with Gasteiger partial charge < -0.3 is 9.67 Å². The topological polar surface area (TPSA) is 50.9 Å². The maximum atomic E-state index is 8.94. The highest BCUT2D eigenvalue weighted by atomic mass is 32.2. The number of rotatable bonds is 5. The molecule has 4 nitrogen and oxygen atoms in total. The van der Waals surface area contributed by atoms with Gasteiger partial charge in [-0.15, -0.1) is 10.2 Å². The third-order valence-corrected chi connectivity index (χ3v) is 3.27. The smallest absolute Gasteiger partial charge is 0.191 e. The Morgan fingerprint density at radius 3 is 2.71 bits per heavy atom. The Labute approximate surface area is 88.7 Å². The number of aliphatic hydroxyl groups excluding tert-OH is 1. The number of hydrogen-bond donors (Lipinski definition) is 1. The molecule has 0 spiro atoms. The molecule has 14 heavy (non-hydrogen) atoms. The maximum Gasteiger partial charge on any atom is 0.191 e. The second-order valence-electron chi connectivity index (χ2n) is 3.33. The van der Waals surface area contributed by atoms with Crippen molar-refractivity contribution >= 4 is 11.8 Å². The summed E-state index contributed by atoms with van der Waals surface area (Å²) < 4.78 is 1.84. The van der Waals surface area contributed by atoms with E-state index in [2.05, 4.69) is 24.0 Å². The lowest BCUT2D eigenvalue weighted by molar-refractivity contribution is 0.266. The molecular weight excluding hydrogens is 198 g/mol. The Morgan fingerprint density at radius 1 is 1.50 bits per heavy atom. The number of nitrogens with zero attached hydrogens (tertiary/aromatic N) is 3. The van der Waals surface area contributed by atoms with Gasteiger partial charge in [0.05, 0.1) is 0 Å². The lowest BCUT2D eigenvalue weighted by Crippen LogP contribution is -2.01. The number of aromatic nitrogens is 3. The summed E-state index contributed by atoms with van der Waals surface area (Å²) in [7, 11) is 1.88. The molecule has 0 fully saturated rings. The molecule has 0 aliphatic heterocycles. The van der Waals surface area contributed by atoms with Crippen LogP contribution in [0.4, 0.5) is 0 Å². The molecule has 0 bridgehead atoms. The van der Waals surface area contributed by atoms with Gasteiger partial charge in [0.1, 0.15) is 6.61 Å². The van der Waals surface area contributed by atoms with Crippen molar-refractivity contribution in [1.82, 2.24) is 14.8 Å². The summed E-state index contributed by atoms with van der Waals surface area (Å²) in [6.07, 6.45) is 2.35. The van der Waals surface area contributed by atoms with Gasteiger partial charge in [0.25, 0.3) is 0 Å². The van der Waals surface area contributed by atoms with Gasteiger partial charge in [-0.1, -0.05) is 32.0 Å². The van der Waals surface area contributed by atoms with Crippen molar-refractivity contribution in [2.45, 2.75) is 43.7 Å². The van der Waals surface area contributed by atoms with Crippen molar-refractivity contribution in [3.05, 3.63) is 5.82 Å². The Balaban J connectivity index is 2.62. The highest BCUT2D eigenvalue weighted by Gasteiger charge is 2.11. The summed E-state index contributed by atoms with van der Waals surface area (Å²) in [5.74, 6) is 0.621. The predicted molar refractivity (Wildman–Crippen MR) is 57.2 cm³/mol. The minimum Gasteiger partial charge on any atom is -0.388 e.